The van der Waals surface area contributed by atoms with E-state index in [1.165, 1.54) is 22.3 Å². The molecule has 0 fully saturated rings. The molecule has 0 nitrogen and oxygen atoms in total. The van der Waals surface area contributed by atoms with Crippen molar-refractivity contribution in [3.8, 4) is 0 Å². The van der Waals surface area contributed by atoms with Crippen molar-refractivity contribution in [1.82, 2.24) is 0 Å². The van der Waals surface area contributed by atoms with E-state index >= 15 is 0 Å². The summed E-state index contributed by atoms with van der Waals surface area (Å²) < 4.78 is 0. The maximum absolute atomic E-state index is 2.24. The lowest BCUT2D eigenvalue weighted by atomic mass is 10.0. The van der Waals surface area contributed by atoms with E-state index in [0.717, 1.165) is 0 Å². The van der Waals surface area contributed by atoms with Crippen LogP contribution in [-0.4, -0.2) is 0 Å². The monoisotopic (exact) mass is 216 g/mol. The van der Waals surface area contributed by atoms with Crippen molar-refractivity contribution < 1.29 is 0 Å². The van der Waals surface area contributed by atoms with E-state index < -0.39 is 0 Å². The Morgan fingerprint density at radius 2 is 1.25 bits per heavy atom. The number of rotatable bonds is 4. The van der Waals surface area contributed by atoms with E-state index in [1.807, 2.05) is 6.92 Å². The van der Waals surface area contributed by atoms with E-state index in [0.29, 0.717) is 0 Å². The zero-order chi connectivity index (χ0) is 12.6. The van der Waals surface area contributed by atoms with Crippen molar-refractivity contribution in [2.24, 2.45) is 0 Å². The van der Waals surface area contributed by atoms with Gasteiger partial charge in [-0.25, -0.2) is 0 Å². The second-order valence-electron chi connectivity index (χ2n) is 4.03. The molecule has 0 unspecified atom stereocenters. The Morgan fingerprint density at radius 3 is 1.62 bits per heavy atom. The zero-order valence-corrected chi connectivity index (χ0v) is 11.5. The highest BCUT2D eigenvalue weighted by molar-refractivity contribution is 5.49. The molecule has 0 saturated carbocycles. The van der Waals surface area contributed by atoms with E-state index in [4.69, 9.17) is 0 Å². The molecular weight excluding hydrogens is 192 g/mol. The lowest BCUT2D eigenvalue weighted by Gasteiger charge is -2.05. The third-order valence-electron chi connectivity index (χ3n) is 2.50. The molecule has 0 heterocycles. The van der Waals surface area contributed by atoms with E-state index in [2.05, 4.69) is 71.1 Å². The van der Waals surface area contributed by atoms with Gasteiger partial charge in [0, 0.05) is 0 Å². The fraction of sp³-hybridized carbons (Fsp3) is 0.375. The summed E-state index contributed by atoms with van der Waals surface area (Å²) in [6.07, 6.45) is 12.8. The minimum atomic E-state index is 1.27. The highest BCUT2D eigenvalue weighted by Gasteiger charge is 1.98. The van der Waals surface area contributed by atoms with Crippen LogP contribution in [0.5, 0.6) is 0 Å². The fourth-order valence-corrected chi connectivity index (χ4v) is 1.32. The van der Waals surface area contributed by atoms with Crippen molar-refractivity contribution in [1.29, 1.82) is 0 Å². The average molecular weight is 216 g/mol. The van der Waals surface area contributed by atoms with Crippen molar-refractivity contribution in [3.63, 3.8) is 0 Å². The van der Waals surface area contributed by atoms with Crippen molar-refractivity contribution >= 4 is 0 Å². The summed E-state index contributed by atoms with van der Waals surface area (Å²) >= 11 is 0. The molecule has 0 amide bonds. The molecule has 0 spiro atoms. The average Bonchev–Trinajstić information content (AvgIpc) is 2.25. The first-order valence-electron chi connectivity index (χ1n) is 5.84. The van der Waals surface area contributed by atoms with E-state index in [9.17, 15) is 0 Å². The maximum Gasteiger partial charge on any atom is -0.0188 e. The molecule has 16 heavy (non-hydrogen) atoms. The van der Waals surface area contributed by atoms with Gasteiger partial charge in [0.05, 0.1) is 0 Å². The Bertz CT molecular complexity index is 353. The van der Waals surface area contributed by atoms with Crippen LogP contribution in [0.2, 0.25) is 0 Å². The predicted octanol–water partition coefficient (Wildman–Crippen LogP) is 5.37. The second kappa shape index (κ2) is 7.92. The van der Waals surface area contributed by atoms with Gasteiger partial charge in [-0.15, -0.1) is 0 Å². The van der Waals surface area contributed by atoms with Gasteiger partial charge in [0.2, 0.25) is 0 Å². The Morgan fingerprint density at radius 1 is 0.750 bits per heavy atom. The topological polar surface area (TPSA) is 0 Å². The molecular formula is C16H24. The van der Waals surface area contributed by atoms with Gasteiger partial charge < -0.3 is 0 Å². The van der Waals surface area contributed by atoms with Gasteiger partial charge in [-0.3, -0.25) is 0 Å². The molecule has 0 bridgehead atoms. The Balaban J connectivity index is 5.40. The summed E-state index contributed by atoms with van der Waals surface area (Å²) in [5.74, 6) is 0. The third kappa shape index (κ3) is 4.97. The molecule has 0 aliphatic heterocycles. The lowest BCUT2D eigenvalue weighted by Crippen LogP contribution is -1.85. The third-order valence-corrected chi connectivity index (χ3v) is 2.50. The van der Waals surface area contributed by atoms with Crippen molar-refractivity contribution in [2.45, 2.75) is 41.5 Å². The standard InChI is InChI=1S/C16H24/c1-7-10-15(9-3)16(11-8-2)12-14(6)13(4)5/h7-12H,1-6H3/b10-7-,11-8-,15-9-,16-12+. The van der Waals surface area contributed by atoms with Crippen LogP contribution in [0.25, 0.3) is 0 Å². The largest absolute Gasteiger partial charge is 0.0871 e. The molecule has 0 aromatic heterocycles. The van der Waals surface area contributed by atoms with Gasteiger partial charge in [0.25, 0.3) is 0 Å². The predicted molar refractivity (Wildman–Crippen MR) is 75.5 cm³/mol. The van der Waals surface area contributed by atoms with Crippen LogP contribution in [0.3, 0.4) is 0 Å². The summed E-state index contributed by atoms with van der Waals surface area (Å²) in [5, 5.41) is 0. The van der Waals surface area contributed by atoms with Crippen LogP contribution in [0.1, 0.15) is 41.5 Å². The summed E-state index contributed by atoms with van der Waals surface area (Å²) in [7, 11) is 0. The SMILES string of the molecule is C\C=C/C(=C/C)C(/C=C\C)=C/C(C)=C(C)C. The van der Waals surface area contributed by atoms with Crippen LogP contribution in [0.4, 0.5) is 0 Å². The highest BCUT2D eigenvalue weighted by Crippen LogP contribution is 2.17. The summed E-state index contributed by atoms with van der Waals surface area (Å²) in [6.45, 7) is 12.6. The fourth-order valence-electron chi connectivity index (χ4n) is 1.32. The highest BCUT2D eigenvalue weighted by atomic mass is 14.0. The quantitative estimate of drug-likeness (QED) is 0.554. The van der Waals surface area contributed by atoms with Crippen molar-refractivity contribution in [3.05, 3.63) is 58.7 Å². The molecule has 0 heteroatoms. The summed E-state index contributed by atoms with van der Waals surface area (Å²) in [5.41, 5.74) is 5.22. The van der Waals surface area contributed by atoms with Gasteiger partial charge in [-0.05, 0) is 52.7 Å². The molecule has 0 atom stereocenters. The van der Waals surface area contributed by atoms with Gasteiger partial charge in [-0.1, -0.05) is 47.6 Å². The Hall–Kier alpha value is -1.30. The molecule has 88 valence electrons. The van der Waals surface area contributed by atoms with Gasteiger partial charge >= 0.3 is 0 Å². The summed E-state index contributed by atoms with van der Waals surface area (Å²) in [4.78, 5) is 0. The first-order chi connectivity index (χ1) is 7.56. The minimum absolute atomic E-state index is 1.27. The Kier molecular flexibility index (Phi) is 7.28. The zero-order valence-electron chi connectivity index (χ0n) is 11.5. The second-order valence-corrected chi connectivity index (χ2v) is 4.03. The van der Waals surface area contributed by atoms with Crippen LogP contribution in [0, 0.1) is 0 Å². The maximum atomic E-state index is 2.24. The molecule has 0 aliphatic carbocycles. The van der Waals surface area contributed by atoms with Crippen LogP contribution in [-0.2, 0) is 0 Å². The van der Waals surface area contributed by atoms with Crippen molar-refractivity contribution in [2.75, 3.05) is 0 Å². The Labute approximate surface area is 101 Å². The normalized spacial score (nSPS) is 13.9. The molecule has 0 N–H and O–H groups in total. The van der Waals surface area contributed by atoms with Gasteiger partial charge in [0.15, 0.2) is 0 Å². The van der Waals surface area contributed by atoms with Crippen LogP contribution in [0.15, 0.2) is 58.7 Å². The summed E-state index contributed by atoms with van der Waals surface area (Å²) in [6, 6.07) is 0. The molecule has 0 aromatic rings. The smallest absolute Gasteiger partial charge is 0.0188 e. The minimum Gasteiger partial charge on any atom is -0.0871 e. The van der Waals surface area contributed by atoms with Crippen LogP contribution < -0.4 is 0 Å². The number of hydrogen-bond donors (Lipinski definition) is 0. The molecule has 0 radical (unpaired) electrons. The number of allylic oxidation sites excluding steroid dienone is 10. The van der Waals surface area contributed by atoms with E-state index in [1.54, 1.807) is 0 Å². The van der Waals surface area contributed by atoms with Crippen LogP contribution >= 0.6 is 0 Å². The van der Waals surface area contributed by atoms with Gasteiger partial charge in [-0.2, -0.15) is 0 Å². The van der Waals surface area contributed by atoms with Gasteiger partial charge in [0.1, 0.15) is 0 Å². The first-order valence-corrected chi connectivity index (χ1v) is 5.84. The number of hydrogen-bond acceptors (Lipinski definition) is 0. The molecule has 0 aliphatic rings. The molecule has 0 rings (SSSR count). The first kappa shape index (κ1) is 14.7. The lowest BCUT2D eigenvalue weighted by molar-refractivity contribution is 1.28. The van der Waals surface area contributed by atoms with E-state index in [-0.39, 0.29) is 0 Å². The molecule has 0 saturated heterocycles. The molecule has 0 aromatic carbocycles.